The predicted octanol–water partition coefficient (Wildman–Crippen LogP) is -2.75. The lowest BCUT2D eigenvalue weighted by molar-refractivity contribution is -0.0124. The van der Waals surface area contributed by atoms with Gasteiger partial charge in [-0.2, -0.15) is 0 Å². The number of nitrogens with zero attached hydrogens (tertiary/aromatic N) is 3. The topological polar surface area (TPSA) is 38.9 Å². The maximum atomic E-state index is 7.14. The van der Waals surface area contributed by atoms with Gasteiger partial charge in [0.15, 0.2) is 0 Å². The Kier molecular flexibility index (Phi) is 11.8. The van der Waals surface area contributed by atoms with Crippen LogP contribution in [0.4, 0.5) is 0 Å². The van der Waals surface area contributed by atoms with E-state index in [1.54, 1.807) is 11.5 Å². The zero-order chi connectivity index (χ0) is 48.7. The number of fused-ring (bicyclic) bond motifs is 9. The van der Waals surface area contributed by atoms with Crippen molar-refractivity contribution in [1.29, 1.82) is 0 Å². The van der Waals surface area contributed by atoms with E-state index in [1.165, 1.54) is 24.8 Å². The molecule has 1 spiro atoms. The summed E-state index contributed by atoms with van der Waals surface area (Å²) in [6, 6.07) is 14.9. The second kappa shape index (κ2) is 16.9. The molecule has 0 amide bonds. The lowest BCUT2D eigenvalue weighted by atomic mass is 9.44. The molecule has 3 fully saturated rings. The van der Waals surface area contributed by atoms with E-state index in [9.17, 15) is 0 Å². The Labute approximate surface area is 418 Å². The fourth-order valence-electron chi connectivity index (χ4n) is 13.5. The summed E-state index contributed by atoms with van der Waals surface area (Å²) in [6.45, 7) is 13.5. The number of aliphatic imine (C=N–C) groups is 2. The maximum Gasteiger partial charge on any atom is 0.235 e. The summed E-state index contributed by atoms with van der Waals surface area (Å²) >= 11 is 0. The van der Waals surface area contributed by atoms with Crippen LogP contribution in [0.15, 0.2) is 59.0 Å². The van der Waals surface area contributed by atoms with Gasteiger partial charge in [0, 0.05) is 38.9 Å². The van der Waals surface area contributed by atoms with E-state index in [4.69, 9.17) is 117 Å². The fourth-order valence-corrected chi connectivity index (χ4v) is 13.5. The van der Waals surface area contributed by atoms with Gasteiger partial charge < -0.3 is 4.74 Å². The Bertz CT molecular complexity index is 3160. The predicted molar refractivity (Wildman–Crippen MR) is 298 cm³/mol. The third-order valence-corrected chi connectivity index (χ3v) is 16.2. The third kappa shape index (κ3) is 6.64. The molecule has 302 valence electrons. The molecule has 68 heavy (non-hydrogen) atoms. The molecule has 5 aromatic carbocycles. The van der Waals surface area contributed by atoms with E-state index >= 15 is 0 Å². The van der Waals surface area contributed by atoms with Crippen molar-refractivity contribution in [2.45, 2.75) is 65.2 Å². The van der Waals surface area contributed by atoms with Crippen LogP contribution in [-0.2, 0) is 5.41 Å². The summed E-state index contributed by atoms with van der Waals surface area (Å²) in [5.41, 5.74) is 4.42. The summed E-state index contributed by atoms with van der Waals surface area (Å²) in [5, 5.41) is 0.598. The molecule has 10 rings (SSSR count). The summed E-state index contributed by atoms with van der Waals surface area (Å²) in [7, 11) is 86.0. The van der Waals surface area contributed by atoms with Gasteiger partial charge in [-0.05, 0) is 109 Å². The van der Waals surface area contributed by atoms with Gasteiger partial charge in [-0.3, -0.25) is 4.57 Å². The second-order valence-electron chi connectivity index (χ2n) is 20.3. The van der Waals surface area contributed by atoms with Crippen LogP contribution < -0.4 is 75.8 Å². The molecule has 17 heteroatoms. The zero-order valence-corrected chi connectivity index (χ0v) is 39.1. The molecule has 1 aliphatic heterocycles. The first-order valence-corrected chi connectivity index (χ1v) is 23.3. The number of aromatic nitrogens is 1. The Morgan fingerprint density at radius 1 is 0.662 bits per heavy atom. The highest BCUT2D eigenvalue weighted by atomic mass is 16.5. The number of hydrogen-bond acceptors (Lipinski definition) is 2. The normalized spacial score (nSPS) is 24.1. The van der Waals surface area contributed by atoms with Gasteiger partial charge >= 0.3 is 0 Å². The molecular formula is C51H38B13N3O. The van der Waals surface area contributed by atoms with Gasteiger partial charge in [0.25, 0.3) is 0 Å². The number of benzene rings is 5. The van der Waals surface area contributed by atoms with Crippen LogP contribution >= 0.6 is 0 Å². The molecular weight excluding hydrogens is 811 g/mol. The van der Waals surface area contributed by atoms with Crippen molar-refractivity contribution >= 4 is 212 Å². The SMILES string of the molecule is [B]c1c([B])c([B])c(/C(C)=N/C(=NC(=C)c2cccc3c2Oc2ccccc2C32C(CC(C)C)CC3CC4CC(C)C2C3C4)n2c3c([B])c([B])c([B])c([B])c3c3c([B])c([B])c([B])c([B])c32)c([B])c1[B]. The number of hydrogen-bond donors (Lipinski definition) is 0. The molecule has 2 heterocycles. The minimum atomic E-state index is -0.342. The van der Waals surface area contributed by atoms with Gasteiger partial charge in [-0.25, -0.2) is 9.98 Å². The van der Waals surface area contributed by atoms with Crippen LogP contribution in [-0.4, -0.2) is 118 Å². The summed E-state index contributed by atoms with van der Waals surface area (Å²) in [4.78, 5) is 10.5. The summed E-state index contributed by atoms with van der Waals surface area (Å²) in [6.07, 6.45) is 6.03. The maximum absolute atomic E-state index is 7.14. The Morgan fingerprint density at radius 3 is 1.81 bits per heavy atom. The largest absolute Gasteiger partial charge is 0.456 e. The second-order valence-corrected chi connectivity index (χ2v) is 20.3. The molecule has 7 unspecified atom stereocenters. The van der Waals surface area contributed by atoms with Crippen LogP contribution in [0.25, 0.3) is 27.5 Å². The van der Waals surface area contributed by atoms with E-state index in [2.05, 4.69) is 57.7 Å². The van der Waals surface area contributed by atoms with Gasteiger partial charge in [0.2, 0.25) is 5.96 Å². The highest BCUT2D eigenvalue weighted by molar-refractivity contribution is 6.72. The van der Waals surface area contributed by atoms with E-state index < -0.39 is 0 Å². The third-order valence-electron chi connectivity index (χ3n) is 16.2. The van der Waals surface area contributed by atoms with E-state index in [-0.39, 0.29) is 110 Å². The number of rotatable bonds is 5. The van der Waals surface area contributed by atoms with Crippen molar-refractivity contribution in [3.05, 3.63) is 71.3 Å². The Balaban J connectivity index is 1.29. The molecule has 4 nitrogen and oxygen atoms in total. The molecule has 4 aliphatic rings. The van der Waals surface area contributed by atoms with Crippen molar-refractivity contribution in [3.8, 4) is 11.5 Å². The van der Waals surface area contributed by atoms with Gasteiger partial charge in [-0.15, -0.1) is 38.2 Å². The first-order valence-electron chi connectivity index (χ1n) is 23.3. The first kappa shape index (κ1) is 47.3. The molecule has 0 saturated heterocycles. The molecule has 7 atom stereocenters. The van der Waals surface area contributed by atoms with Gasteiger partial charge in [0.1, 0.15) is 114 Å². The lowest BCUT2D eigenvalue weighted by Gasteiger charge is -2.60. The van der Waals surface area contributed by atoms with Crippen LogP contribution in [0.5, 0.6) is 11.5 Å². The number of ether oxygens (including phenoxy) is 1. The van der Waals surface area contributed by atoms with Gasteiger partial charge in [-0.1, -0.05) is 90.5 Å². The van der Waals surface area contributed by atoms with Crippen molar-refractivity contribution in [3.63, 3.8) is 0 Å². The van der Waals surface area contributed by atoms with Crippen molar-refractivity contribution in [1.82, 2.24) is 4.57 Å². The minimum absolute atomic E-state index is 0.00859. The smallest absolute Gasteiger partial charge is 0.235 e. The fraction of sp³-hybridized carbons (Fsp3) is 0.333. The average molecular weight is 849 g/mol. The molecule has 0 N–H and O–H groups in total. The Morgan fingerprint density at radius 2 is 1.21 bits per heavy atom. The molecule has 3 saturated carbocycles. The zero-order valence-electron chi connectivity index (χ0n) is 39.1. The standard InChI is InChI=1S/C51H38B13N3O/c1-18(2)13-24-17-23-15-22-14-19(3)33(26(23)16-22)51(24)27-10-6-7-12-29(27)68-49-25(9-8-11-28(49)51)20(4)65-50(66-21(5)30-34(52)38(56)42(60)39(57)35(30)53)67-47-31(36(54)40(58)43(61)45(47)63)32-37(55)41(59)44(62)46(64)48(32)67/h6-12,18-19,22-24,26,33H,4,13-17H2,1-3,5H3/b65-50?,66-21+. The minimum Gasteiger partial charge on any atom is -0.456 e. The molecule has 26 radical (unpaired) electrons. The average Bonchev–Trinajstić information content (AvgIpc) is 3.85. The molecule has 1 aromatic heterocycles. The monoisotopic (exact) mass is 851 g/mol. The molecule has 2 bridgehead atoms. The van der Waals surface area contributed by atoms with Crippen LogP contribution in [0.1, 0.15) is 82.1 Å². The van der Waals surface area contributed by atoms with Crippen molar-refractivity contribution in [2.75, 3.05) is 0 Å². The van der Waals surface area contributed by atoms with E-state index in [0.717, 1.165) is 30.1 Å². The quantitative estimate of drug-likeness (QED) is 0.106. The van der Waals surface area contributed by atoms with Crippen molar-refractivity contribution in [2.24, 2.45) is 51.4 Å². The lowest BCUT2D eigenvalue weighted by Crippen LogP contribution is -2.57. The van der Waals surface area contributed by atoms with Gasteiger partial charge in [0.05, 0.1) is 5.70 Å². The number of para-hydroxylation sites is 2. The first-order chi connectivity index (χ1) is 32.2. The Hall–Kier alpha value is -4.38. The summed E-state index contributed by atoms with van der Waals surface area (Å²) in [5.74, 6) is 5.27. The van der Waals surface area contributed by atoms with Crippen LogP contribution in [0.3, 0.4) is 0 Å². The summed E-state index contributed by atoms with van der Waals surface area (Å²) < 4.78 is 8.72. The van der Waals surface area contributed by atoms with E-state index in [0.29, 0.717) is 57.6 Å². The van der Waals surface area contributed by atoms with Crippen molar-refractivity contribution < 1.29 is 4.74 Å². The highest BCUT2D eigenvalue weighted by Gasteiger charge is 2.64. The highest BCUT2D eigenvalue weighted by Crippen LogP contribution is 2.70. The van der Waals surface area contributed by atoms with Crippen LogP contribution in [0, 0.1) is 41.4 Å². The van der Waals surface area contributed by atoms with E-state index in [1.807, 2.05) is 12.1 Å². The molecule has 3 aliphatic carbocycles. The van der Waals surface area contributed by atoms with Crippen LogP contribution in [0.2, 0.25) is 0 Å². The molecule has 6 aromatic rings.